The minimum Gasteiger partial charge on any atom is -0.302 e. The summed E-state index contributed by atoms with van der Waals surface area (Å²) in [4.78, 5) is 2.39. The highest BCUT2D eigenvalue weighted by atomic mass is 32.2. The smallest absolute Gasteiger partial charge is 0.217 e. The molecule has 15 heavy (non-hydrogen) atoms. The second-order valence-corrected chi connectivity index (χ2v) is 7.09. The Hall–Kier alpha value is -0.130. The molecule has 0 radical (unpaired) electrons. The van der Waals surface area contributed by atoms with Gasteiger partial charge in [-0.25, -0.2) is 8.42 Å². The van der Waals surface area contributed by atoms with E-state index < -0.39 is 10.0 Å². The molecule has 86 valence electrons. The average molecular weight is 230 g/mol. The third-order valence-electron chi connectivity index (χ3n) is 3.87. The quantitative estimate of drug-likeness (QED) is 0.683. The summed E-state index contributed by atoms with van der Waals surface area (Å²) in [6.45, 7) is 3.83. The van der Waals surface area contributed by atoms with Gasteiger partial charge in [-0.15, -0.1) is 0 Å². The fourth-order valence-corrected chi connectivity index (χ4v) is 4.82. The van der Waals surface area contributed by atoms with Crippen LogP contribution in [0.1, 0.15) is 25.7 Å². The van der Waals surface area contributed by atoms with Gasteiger partial charge in [0.15, 0.2) is 0 Å². The molecule has 0 aromatic heterocycles. The number of hydrogen-bond donors (Lipinski definition) is 0. The van der Waals surface area contributed by atoms with Crippen LogP contribution in [0.2, 0.25) is 0 Å². The van der Waals surface area contributed by atoms with Gasteiger partial charge in [-0.1, -0.05) is 0 Å². The van der Waals surface area contributed by atoms with Crippen molar-refractivity contribution >= 4 is 10.0 Å². The number of rotatable bonds is 2. The standard InChI is InChI=1S/C10H18N2O2S/c13-15(14,10-1-2-10)12-8-7-11-5-3-9(12)4-6-11/h9-10H,1-8H2. The van der Waals surface area contributed by atoms with E-state index >= 15 is 0 Å². The highest BCUT2D eigenvalue weighted by molar-refractivity contribution is 7.90. The maximum absolute atomic E-state index is 12.2. The van der Waals surface area contributed by atoms with Gasteiger partial charge in [0.05, 0.1) is 5.25 Å². The Morgan fingerprint density at radius 2 is 1.53 bits per heavy atom. The zero-order valence-electron chi connectivity index (χ0n) is 8.93. The molecule has 0 amide bonds. The average Bonchev–Trinajstić information content (AvgIpc) is 3.06. The third kappa shape index (κ3) is 1.70. The summed E-state index contributed by atoms with van der Waals surface area (Å²) < 4.78 is 26.2. The fraction of sp³-hybridized carbons (Fsp3) is 1.00. The molecule has 4 rings (SSSR count). The molecule has 0 spiro atoms. The molecule has 5 heteroatoms. The summed E-state index contributed by atoms with van der Waals surface area (Å²) in [5.41, 5.74) is 0. The van der Waals surface area contributed by atoms with Gasteiger partial charge in [0, 0.05) is 19.1 Å². The Morgan fingerprint density at radius 3 is 2.13 bits per heavy atom. The third-order valence-corrected chi connectivity index (χ3v) is 6.32. The van der Waals surface area contributed by atoms with Crippen LogP contribution in [0.25, 0.3) is 0 Å². The molecule has 3 aliphatic heterocycles. The van der Waals surface area contributed by atoms with Crippen molar-refractivity contribution in [2.45, 2.75) is 37.0 Å². The van der Waals surface area contributed by atoms with Crippen LogP contribution in [-0.2, 0) is 10.0 Å². The summed E-state index contributed by atoms with van der Waals surface area (Å²) in [6, 6.07) is 0.300. The lowest BCUT2D eigenvalue weighted by Crippen LogP contribution is -2.43. The molecule has 0 aromatic rings. The number of nitrogens with zero attached hydrogens (tertiary/aromatic N) is 2. The maximum atomic E-state index is 12.2. The van der Waals surface area contributed by atoms with E-state index in [1.54, 1.807) is 0 Å². The largest absolute Gasteiger partial charge is 0.302 e. The molecule has 0 aromatic carbocycles. The van der Waals surface area contributed by atoms with E-state index in [9.17, 15) is 8.42 Å². The Balaban J connectivity index is 1.85. The second-order valence-electron chi connectivity index (χ2n) is 4.93. The predicted octanol–water partition coefficient (Wildman–Crippen LogP) is 0.259. The van der Waals surface area contributed by atoms with Crippen molar-refractivity contribution in [3.8, 4) is 0 Å². The fourth-order valence-electron chi connectivity index (χ4n) is 2.75. The first-order chi connectivity index (χ1) is 7.18. The summed E-state index contributed by atoms with van der Waals surface area (Å²) in [5, 5.41) is -0.0374. The molecule has 0 N–H and O–H groups in total. The van der Waals surface area contributed by atoms with E-state index in [0.29, 0.717) is 6.04 Å². The van der Waals surface area contributed by atoms with E-state index in [4.69, 9.17) is 0 Å². The summed E-state index contributed by atoms with van der Waals surface area (Å²) in [7, 11) is -2.94. The highest BCUT2D eigenvalue weighted by Gasteiger charge is 2.44. The van der Waals surface area contributed by atoms with Gasteiger partial charge in [0.2, 0.25) is 10.0 Å². The van der Waals surface area contributed by atoms with E-state index in [0.717, 1.165) is 51.9 Å². The Kier molecular flexibility index (Phi) is 2.30. The van der Waals surface area contributed by atoms with Gasteiger partial charge in [-0.2, -0.15) is 4.31 Å². The zero-order valence-corrected chi connectivity index (χ0v) is 9.75. The summed E-state index contributed by atoms with van der Waals surface area (Å²) in [6.07, 6.45) is 3.84. The first-order valence-electron chi connectivity index (χ1n) is 5.91. The Bertz CT molecular complexity index is 342. The van der Waals surface area contributed by atoms with Crippen LogP contribution in [0.3, 0.4) is 0 Å². The predicted molar refractivity (Wildman–Crippen MR) is 58.1 cm³/mol. The van der Waals surface area contributed by atoms with E-state index in [2.05, 4.69) is 4.90 Å². The van der Waals surface area contributed by atoms with E-state index in [-0.39, 0.29) is 5.25 Å². The number of sulfonamides is 1. The molecule has 0 unspecified atom stereocenters. The molecule has 3 saturated heterocycles. The van der Waals surface area contributed by atoms with Gasteiger partial charge < -0.3 is 4.90 Å². The number of hydrogen-bond acceptors (Lipinski definition) is 3. The van der Waals surface area contributed by atoms with Crippen LogP contribution < -0.4 is 0 Å². The first-order valence-corrected chi connectivity index (χ1v) is 7.41. The highest BCUT2D eigenvalue weighted by Crippen LogP contribution is 2.34. The number of piperidine rings is 1. The lowest BCUT2D eigenvalue weighted by atomic mass is 10.1. The van der Waals surface area contributed by atoms with Crippen molar-refractivity contribution in [2.24, 2.45) is 0 Å². The topological polar surface area (TPSA) is 40.6 Å². The molecule has 4 aliphatic rings. The van der Waals surface area contributed by atoms with Crippen molar-refractivity contribution in [1.29, 1.82) is 0 Å². The minimum atomic E-state index is -2.94. The molecular formula is C10H18N2O2S. The lowest BCUT2D eigenvalue weighted by molar-refractivity contribution is 0.233. The van der Waals surface area contributed by atoms with Gasteiger partial charge in [-0.05, 0) is 38.8 Å². The molecule has 3 heterocycles. The van der Waals surface area contributed by atoms with Crippen molar-refractivity contribution < 1.29 is 8.42 Å². The van der Waals surface area contributed by atoms with Crippen LogP contribution in [0.5, 0.6) is 0 Å². The summed E-state index contributed by atoms with van der Waals surface area (Å²) >= 11 is 0. The Morgan fingerprint density at radius 1 is 0.867 bits per heavy atom. The van der Waals surface area contributed by atoms with Crippen molar-refractivity contribution in [1.82, 2.24) is 9.21 Å². The van der Waals surface area contributed by atoms with Crippen LogP contribution in [-0.4, -0.2) is 55.1 Å². The van der Waals surface area contributed by atoms with Crippen LogP contribution in [0.15, 0.2) is 0 Å². The first kappa shape index (κ1) is 10.1. The zero-order chi connectivity index (χ0) is 10.5. The van der Waals surface area contributed by atoms with Crippen LogP contribution in [0, 0.1) is 0 Å². The summed E-state index contributed by atoms with van der Waals surface area (Å²) in [5.74, 6) is 0. The molecule has 2 bridgehead atoms. The minimum absolute atomic E-state index is 0.0374. The normalized spacial score (nSPS) is 37.9. The maximum Gasteiger partial charge on any atom is 0.217 e. The van der Waals surface area contributed by atoms with Crippen LogP contribution >= 0.6 is 0 Å². The monoisotopic (exact) mass is 230 g/mol. The molecule has 1 saturated carbocycles. The Labute approximate surface area is 91.3 Å². The molecule has 4 nitrogen and oxygen atoms in total. The van der Waals surface area contributed by atoms with E-state index in [1.165, 1.54) is 0 Å². The molecular weight excluding hydrogens is 212 g/mol. The molecule has 4 fully saturated rings. The van der Waals surface area contributed by atoms with Gasteiger partial charge in [0.1, 0.15) is 0 Å². The van der Waals surface area contributed by atoms with Gasteiger partial charge in [-0.3, -0.25) is 0 Å². The van der Waals surface area contributed by atoms with Crippen molar-refractivity contribution in [2.75, 3.05) is 26.2 Å². The molecule has 0 atom stereocenters. The van der Waals surface area contributed by atoms with Crippen molar-refractivity contribution in [3.63, 3.8) is 0 Å². The van der Waals surface area contributed by atoms with Crippen molar-refractivity contribution in [3.05, 3.63) is 0 Å². The molecule has 1 aliphatic carbocycles. The van der Waals surface area contributed by atoms with Gasteiger partial charge in [0.25, 0.3) is 0 Å². The van der Waals surface area contributed by atoms with Gasteiger partial charge >= 0.3 is 0 Å². The SMILES string of the molecule is O=S(=O)(C1CC1)N1CCN2CCC1CC2. The second kappa shape index (κ2) is 3.43. The lowest BCUT2D eigenvalue weighted by Gasteiger charge is -2.30. The van der Waals surface area contributed by atoms with E-state index in [1.807, 2.05) is 4.31 Å². The van der Waals surface area contributed by atoms with Crippen LogP contribution in [0.4, 0.5) is 0 Å². The number of fused-ring (bicyclic) bond motifs is 4.